The van der Waals surface area contributed by atoms with Crippen LogP contribution in [0.1, 0.15) is 145 Å². The Labute approximate surface area is 779 Å². The molecule has 33 nitrogen and oxygen atoms in total. The van der Waals surface area contributed by atoms with Gasteiger partial charge >= 0.3 is 6.18 Å². The largest absolute Gasteiger partial charge is 0.497 e. The fraction of sp³-hybridized carbons (Fsp3) is 0.283. The van der Waals surface area contributed by atoms with E-state index in [1.165, 1.54) is 68.0 Å². The lowest BCUT2D eigenvalue weighted by Crippen LogP contribution is -2.42. The number of ether oxygens (including phenoxy) is 5. The average Bonchev–Trinajstić information content (AvgIpc) is 1.61. The molecule has 12 amide bonds. The zero-order valence-corrected chi connectivity index (χ0v) is 74.4. The molecule has 4 fully saturated rings. The minimum absolute atomic E-state index is 0.0220. The number of aryl methyl sites for hydroxylation is 1. The molecule has 0 saturated carbocycles. The number of imide groups is 4. The number of aromatic nitrogens is 3. The SMILES string of the molecule is COc1ccc2c(c1)C(=O)N(C[C@@]1(C#Cc3ccc(-c4ncn[nH]4)cc3OC)CC(=O)NC1=O)C2.COc1ccc2c(c1)C(=O)N(C[C@@]1(C#Cc3ccc(C(=O)CO)cc3)CC(=O)NC1=O)C2.COc1ccc2c(c1)C(=O)N(C[C@@]1(C#Cc3ccc(C4=NCCN4)cc3)CC(=O)NC1=O)C2.COc1ccc2c(c1)C(=O)N(C[C@@]1(C#Cc3ccc(CCCC(=O)C(F)(F)F)s3)CC(=O)NC1=O)C2. The molecule has 4 saturated heterocycles. The number of aliphatic hydroxyl groups is 1. The smallest absolute Gasteiger partial charge is 0.449 e. The molecule has 37 heteroatoms. The van der Waals surface area contributed by atoms with Crippen LogP contribution in [0.15, 0.2) is 163 Å². The second-order valence-electron chi connectivity index (χ2n) is 33.0. The van der Waals surface area contributed by atoms with Crippen molar-refractivity contribution in [2.45, 2.75) is 77.3 Å². The quantitative estimate of drug-likeness (QED) is 0.0221. The molecule has 0 radical (unpaired) electrons. The van der Waals surface area contributed by atoms with Gasteiger partial charge in [0.2, 0.25) is 53.0 Å². The van der Waals surface area contributed by atoms with E-state index in [0.717, 1.165) is 57.2 Å². The number of aliphatic imine (C=N–C) groups is 1. The second-order valence-corrected chi connectivity index (χ2v) is 34.1. The van der Waals surface area contributed by atoms with Crippen LogP contribution in [0.25, 0.3) is 11.4 Å². The molecule has 2 aromatic heterocycles. The standard InChI is InChI=1S/C25H21F3N2O5S.C25H21N5O5.C25H22N4O4.C24H20N2O6/c1-35-16-6-5-15-13-30(22(33)19(15)11-16)14-24(12-21(32)29-23(24)34)10-9-18-8-7-17(36-18)3-2-4-20(31)25(26,27)28;1-34-18-6-5-17-12-30(23(32)19(17)10-18)13-25(11-21(31)28-24(25)33)8-7-15-3-4-16(9-20(15)35-2)22-26-14-27-29-22;1-33-19-7-6-18-14-29(23(31)20(18)12-19)15-25(13-21(30)28-24(25)32)9-8-16-2-4-17(5-3-16)22-26-10-11-27-22;1-32-18-7-6-17-12-26(22(30)19(17)10-18)14-24(11-21(29)25-23(24)31)9-8-15-2-4-16(5-3-15)20(28)13-27/h5-8,11H,2-4,12-14H2,1H3,(H,29,32,34);3-6,9-10,14H,11-13H2,1-2H3,(H,26,27,29)(H,28,31,33);2-7,12H,10-11,13-15H2,1H3,(H,26,27)(H,28,30,32);2-7,10,27H,11-14H2,1H3,(H,25,29,31)/t24-;2*25-;24-/m1111/s1. The molecule has 0 aliphatic carbocycles. The topological polar surface area (TPSA) is 432 Å². The summed E-state index contributed by atoms with van der Waals surface area (Å²) in [5.41, 5.74) is 3.66. The van der Waals surface area contributed by atoms with E-state index in [-0.39, 0.29) is 101 Å². The van der Waals surface area contributed by atoms with Gasteiger partial charge in [0.25, 0.3) is 23.6 Å². The van der Waals surface area contributed by atoms with Gasteiger partial charge in [0.05, 0.1) is 78.2 Å². The summed E-state index contributed by atoms with van der Waals surface area (Å²) in [6, 6.07) is 43.5. The number of methoxy groups -OCH3 is 5. The maximum absolute atomic E-state index is 13.1. The highest BCUT2D eigenvalue weighted by Gasteiger charge is 2.53. The van der Waals surface area contributed by atoms with Gasteiger partial charge in [0, 0.05) is 120 Å². The van der Waals surface area contributed by atoms with Crippen molar-refractivity contribution in [3.63, 3.8) is 0 Å². The maximum atomic E-state index is 13.1. The van der Waals surface area contributed by atoms with E-state index < -0.39 is 93.8 Å². The number of carbonyl (C=O) groups is 14. The Balaban J connectivity index is 0.000000138. The van der Waals surface area contributed by atoms with Gasteiger partial charge in [0.1, 0.15) is 69.2 Å². The Kier molecular flexibility index (Phi) is 27.4. The number of rotatable bonds is 21. The summed E-state index contributed by atoms with van der Waals surface area (Å²) >= 11 is 1.24. The van der Waals surface area contributed by atoms with Crippen LogP contribution in [-0.2, 0) is 75.8 Å². The van der Waals surface area contributed by atoms with Crippen LogP contribution in [-0.4, -0.2) is 216 Å². The van der Waals surface area contributed by atoms with E-state index in [1.807, 2.05) is 36.4 Å². The highest BCUT2D eigenvalue weighted by Crippen LogP contribution is 2.41. The predicted molar refractivity (Wildman–Crippen MR) is 480 cm³/mol. The van der Waals surface area contributed by atoms with Gasteiger partial charge in [-0.1, -0.05) is 95.9 Å². The van der Waals surface area contributed by atoms with Gasteiger partial charge in [-0.2, -0.15) is 18.3 Å². The first-order valence-corrected chi connectivity index (χ1v) is 43.3. The lowest BCUT2D eigenvalue weighted by Gasteiger charge is -2.25. The Morgan fingerprint density at radius 1 is 0.471 bits per heavy atom. The van der Waals surface area contributed by atoms with Gasteiger partial charge in [-0.3, -0.25) is 98.5 Å². The third kappa shape index (κ3) is 20.5. The molecule has 9 aliphatic rings. The van der Waals surface area contributed by atoms with Crippen molar-refractivity contribution in [1.29, 1.82) is 0 Å². The summed E-state index contributed by atoms with van der Waals surface area (Å²) in [6.45, 7) is 2.14. The number of nitrogens with one attached hydrogen (secondary N) is 6. The lowest BCUT2D eigenvalue weighted by molar-refractivity contribution is -0.171. The minimum Gasteiger partial charge on any atom is -0.497 e. The number of hydrogen-bond acceptors (Lipinski definition) is 25. The van der Waals surface area contributed by atoms with Gasteiger partial charge in [0.15, 0.2) is 11.6 Å². The molecule has 136 heavy (non-hydrogen) atoms. The fourth-order valence-electron chi connectivity index (χ4n) is 16.7. The molecule has 4 atom stereocenters. The van der Waals surface area contributed by atoms with Crippen molar-refractivity contribution < 1.29 is 109 Å². The van der Waals surface area contributed by atoms with Crippen molar-refractivity contribution in [3.05, 3.63) is 240 Å². The molecule has 0 bridgehead atoms. The number of carbonyl (C=O) groups excluding carboxylic acids is 14. The van der Waals surface area contributed by atoms with E-state index in [1.54, 1.807) is 120 Å². The maximum Gasteiger partial charge on any atom is 0.449 e. The Morgan fingerprint density at radius 3 is 1.22 bits per heavy atom. The minimum atomic E-state index is -4.83. The van der Waals surface area contributed by atoms with Crippen LogP contribution >= 0.6 is 11.3 Å². The lowest BCUT2D eigenvalue weighted by atomic mass is 9.85. The number of H-pyrrole nitrogens is 1. The monoisotopic (exact) mass is 1860 g/mol. The molecule has 18 rings (SSSR count). The molecule has 9 aliphatic heterocycles. The second kappa shape index (κ2) is 39.6. The summed E-state index contributed by atoms with van der Waals surface area (Å²) in [5.74, 6) is 20.9. The first-order valence-electron chi connectivity index (χ1n) is 42.5. The summed E-state index contributed by atoms with van der Waals surface area (Å²) in [7, 11) is 7.60. The summed E-state index contributed by atoms with van der Waals surface area (Å²) in [4.78, 5) is 190. The number of thiophene rings is 1. The summed E-state index contributed by atoms with van der Waals surface area (Å²) < 4.78 is 63.4. The van der Waals surface area contributed by atoms with Crippen LogP contribution < -0.4 is 50.3 Å². The Morgan fingerprint density at radius 2 is 0.868 bits per heavy atom. The highest BCUT2D eigenvalue weighted by atomic mass is 32.1. The number of amides is 12. The van der Waals surface area contributed by atoms with E-state index in [2.05, 4.69) is 94.1 Å². The molecule has 7 aromatic carbocycles. The first-order chi connectivity index (χ1) is 65.2. The number of fused-ring (bicyclic) bond motifs is 4. The number of benzene rings is 7. The van der Waals surface area contributed by atoms with Crippen LogP contribution in [0.5, 0.6) is 28.7 Å². The zero-order chi connectivity index (χ0) is 96.5. The van der Waals surface area contributed by atoms with Crippen LogP contribution in [0.3, 0.4) is 0 Å². The Hall–Kier alpha value is -16.4. The number of aliphatic hydroxyl groups excluding tert-OH is 1. The van der Waals surface area contributed by atoms with Crippen molar-refractivity contribution in [2.75, 3.05) is 81.4 Å². The summed E-state index contributed by atoms with van der Waals surface area (Å²) in [6.07, 6.45) is -4.25. The molecule has 7 N–H and O–H groups in total. The van der Waals surface area contributed by atoms with Crippen LogP contribution in [0, 0.1) is 69.0 Å². The van der Waals surface area contributed by atoms with Gasteiger partial charge in [-0.15, -0.1) is 11.3 Å². The molecule has 0 spiro atoms. The van der Waals surface area contributed by atoms with E-state index in [0.29, 0.717) is 104 Å². The Bertz CT molecular complexity index is 6770. The number of amidine groups is 1. The number of Topliss-reactive ketones (excluding diaryl/α,β-unsaturated/α-hetero) is 2. The number of aromatic amines is 1. The van der Waals surface area contributed by atoms with E-state index in [4.69, 9.17) is 28.8 Å². The fourth-order valence-corrected chi connectivity index (χ4v) is 17.6. The number of hydrogen-bond donors (Lipinski definition) is 7. The zero-order valence-electron chi connectivity index (χ0n) is 73.6. The van der Waals surface area contributed by atoms with Crippen LogP contribution in [0.2, 0.25) is 0 Å². The molecule has 692 valence electrons. The number of nitrogens with zero attached hydrogens (tertiary/aromatic N) is 7. The third-order valence-electron chi connectivity index (χ3n) is 23.9. The molecular formula is C99H84F3N13O20S. The highest BCUT2D eigenvalue weighted by molar-refractivity contribution is 7.12. The van der Waals surface area contributed by atoms with Gasteiger partial charge < -0.3 is 53.7 Å². The van der Waals surface area contributed by atoms with Crippen molar-refractivity contribution in [2.24, 2.45) is 26.7 Å². The van der Waals surface area contributed by atoms with Crippen molar-refractivity contribution in [1.82, 2.24) is 61.4 Å². The van der Waals surface area contributed by atoms with Gasteiger partial charge in [-0.05, 0) is 138 Å². The number of halogens is 3. The van der Waals surface area contributed by atoms with E-state index >= 15 is 0 Å². The van der Waals surface area contributed by atoms with Crippen molar-refractivity contribution >= 4 is 99.6 Å². The predicted octanol–water partition coefficient (Wildman–Crippen LogP) is 6.78. The van der Waals surface area contributed by atoms with Crippen molar-refractivity contribution in [3.8, 4) is 87.5 Å². The molecule has 11 heterocycles. The van der Waals surface area contributed by atoms with Crippen LogP contribution in [0.4, 0.5) is 13.2 Å². The van der Waals surface area contributed by atoms with Gasteiger partial charge in [-0.25, -0.2) is 4.98 Å². The molecule has 9 aromatic rings. The average molecular weight is 1860 g/mol. The third-order valence-corrected chi connectivity index (χ3v) is 24.9. The molecular weight excluding hydrogens is 1780 g/mol. The van der Waals surface area contributed by atoms with E-state index in [9.17, 15) is 80.3 Å². The number of ketones is 2. The summed E-state index contributed by atoms with van der Waals surface area (Å²) in [5, 5.41) is 28.1. The number of alkyl halides is 3. The normalized spacial score (nSPS) is 19.6. The molecule has 0 unspecified atom stereocenters. The first kappa shape index (κ1) is 94.3.